The number of nitrogens with zero attached hydrogens (tertiary/aromatic N) is 1. The van der Waals surface area contributed by atoms with Gasteiger partial charge in [-0.25, -0.2) is 17.2 Å². The second-order valence-electron chi connectivity index (χ2n) is 3.66. The van der Waals surface area contributed by atoms with Crippen molar-refractivity contribution in [3.05, 3.63) is 29.8 Å². The lowest BCUT2D eigenvalue weighted by Gasteiger charge is -2.21. The molecule has 0 aliphatic heterocycles. The summed E-state index contributed by atoms with van der Waals surface area (Å²) in [5.41, 5.74) is 0. The van der Waals surface area contributed by atoms with Crippen molar-refractivity contribution >= 4 is 26.0 Å². The zero-order chi connectivity index (χ0) is 14.5. The largest absolute Gasteiger partial charge is 0.383 e. The Balaban J connectivity index is 3.14. The van der Waals surface area contributed by atoms with Gasteiger partial charge in [-0.15, -0.1) is 0 Å². The van der Waals surface area contributed by atoms with E-state index in [-0.39, 0.29) is 19.7 Å². The molecule has 0 unspecified atom stereocenters. The Labute approximate surface area is 119 Å². The monoisotopic (exact) mass is 357 g/mol. The van der Waals surface area contributed by atoms with Gasteiger partial charge in [0.2, 0.25) is 10.0 Å². The molecule has 0 fully saturated rings. The quantitative estimate of drug-likeness (QED) is 0.701. The molecule has 0 atom stereocenters. The summed E-state index contributed by atoms with van der Waals surface area (Å²) in [5, 5.41) is 0.382. The molecule has 1 aromatic carbocycles. The normalized spacial score (nSPS) is 12.1. The lowest BCUT2D eigenvalue weighted by molar-refractivity contribution is 0.180. The van der Waals surface area contributed by atoms with Crippen molar-refractivity contribution in [2.75, 3.05) is 32.1 Å². The number of benzene rings is 1. The third-order valence-electron chi connectivity index (χ3n) is 2.39. The zero-order valence-corrected chi connectivity index (χ0v) is 12.7. The van der Waals surface area contributed by atoms with Gasteiger partial charge in [0, 0.05) is 25.5 Å². The number of methoxy groups -OCH3 is 1. The Bertz CT molecular complexity index is 525. The van der Waals surface area contributed by atoms with E-state index in [0.29, 0.717) is 11.4 Å². The lowest BCUT2D eigenvalue weighted by atomic mass is 10.3. The Hall–Kier alpha value is -0.570. The molecule has 0 aliphatic rings. The highest BCUT2D eigenvalue weighted by Gasteiger charge is 2.27. The highest BCUT2D eigenvalue weighted by Crippen LogP contribution is 2.20. The summed E-state index contributed by atoms with van der Waals surface area (Å²) >= 11 is 3.13. The highest BCUT2D eigenvalue weighted by molar-refractivity contribution is 9.09. The van der Waals surface area contributed by atoms with Crippen molar-refractivity contribution in [3.63, 3.8) is 0 Å². The molecular formula is C11H14BrF2NO3S. The van der Waals surface area contributed by atoms with Crippen LogP contribution in [0.25, 0.3) is 0 Å². The number of alkyl halides is 1. The summed E-state index contributed by atoms with van der Waals surface area (Å²) in [6, 6.07) is 2.35. The lowest BCUT2D eigenvalue weighted by Crippen LogP contribution is -2.36. The average molecular weight is 358 g/mol. The third-order valence-corrected chi connectivity index (χ3v) is 4.66. The van der Waals surface area contributed by atoms with E-state index in [0.717, 1.165) is 16.4 Å². The Morgan fingerprint density at radius 1 is 1.32 bits per heavy atom. The zero-order valence-electron chi connectivity index (χ0n) is 10.3. The van der Waals surface area contributed by atoms with Crippen molar-refractivity contribution in [3.8, 4) is 0 Å². The molecule has 0 heterocycles. The topological polar surface area (TPSA) is 46.6 Å². The van der Waals surface area contributed by atoms with Gasteiger partial charge in [0.25, 0.3) is 0 Å². The van der Waals surface area contributed by atoms with Gasteiger partial charge in [0.15, 0.2) is 0 Å². The molecule has 0 N–H and O–H groups in total. The Morgan fingerprint density at radius 2 is 2.00 bits per heavy atom. The molecule has 0 aliphatic carbocycles. The second-order valence-corrected chi connectivity index (χ2v) is 6.36. The summed E-state index contributed by atoms with van der Waals surface area (Å²) in [7, 11) is -2.65. The molecule has 1 aromatic rings. The molecule has 0 saturated heterocycles. The van der Waals surface area contributed by atoms with Crippen LogP contribution in [0, 0.1) is 11.6 Å². The van der Waals surface area contributed by atoms with E-state index in [2.05, 4.69) is 15.9 Å². The van der Waals surface area contributed by atoms with Crippen LogP contribution in [0.1, 0.15) is 0 Å². The molecular weight excluding hydrogens is 344 g/mol. The van der Waals surface area contributed by atoms with Gasteiger partial charge in [-0.2, -0.15) is 4.31 Å². The molecule has 0 amide bonds. The fraction of sp³-hybridized carbons (Fsp3) is 0.455. The number of halogens is 3. The molecule has 0 bridgehead atoms. The average Bonchev–Trinajstić information content (AvgIpc) is 2.37. The summed E-state index contributed by atoms with van der Waals surface area (Å²) in [6.07, 6.45) is 0. The molecule has 4 nitrogen and oxygen atoms in total. The summed E-state index contributed by atoms with van der Waals surface area (Å²) in [6.45, 7) is 0.380. The van der Waals surface area contributed by atoms with E-state index in [1.165, 1.54) is 7.11 Å². The SMILES string of the molecule is COCCN(CCBr)S(=O)(=O)c1cc(F)ccc1F. The number of sulfonamides is 1. The van der Waals surface area contributed by atoms with Crippen LogP contribution in [-0.4, -0.2) is 44.9 Å². The minimum Gasteiger partial charge on any atom is -0.383 e. The van der Waals surface area contributed by atoms with Crippen LogP contribution in [0.2, 0.25) is 0 Å². The van der Waals surface area contributed by atoms with Crippen LogP contribution in [0.3, 0.4) is 0 Å². The first-order valence-electron chi connectivity index (χ1n) is 5.43. The van der Waals surface area contributed by atoms with Gasteiger partial charge in [0.1, 0.15) is 16.5 Å². The van der Waals surface area contributed by atoms with Crippen LogP contribution in [-0.2, 0) is 14.8 Å². The molecule has 0 saturated carbocycles. The minimum absolute atomic E-state index is 0.0698. The first-order chi connectivity index (χ1) is 8.93. The van der Waals surface area contributed by atoms with Crippen molar-refractivity contribution in [1.82, 2.24) is 4.31 Å². The first kappa shape index (κ1) is 16.5. The van der Waals surface area contributed by atoms with Crippen LogP contribution >= 0.6 is 15.9 Å². The minimum atomic E-state index is -4.08. The second kappa shape index (κ2) is 7.28. The Kier molecular flexibility index (Phi) is 6.31. The Morgan fingerprint density at radius 3 is 2.58 bits per heavy atom. The van der Waals surface area contributed by atoms with Gasteiger partial charge in [-0.05, 0) is 18.2 Å². The van der Waals surface area contributed by atoms with Gasteiger partial charge < -0.3 is 4.74 Å². The van der Waals surface area contributed by atoms with Crippen molar-refractivity contribution in [1.29, 1.82) is 0 Å². The van der Waals surface area contributed by atoms with Crippen LogP contribution < -0.4 is 0 Å². The predicted molar refractivity (Wildman–Crippen MR) is 70.8 cm³/mol. The van der Waals surface area contributed by atoms with E-state index in [9.17, 15) is 17.2 Å². The molecule has 8 heteroatoms. The van der Waals surface area contributed by atoms with Gasteiger partial charge in [0.05, 0.1) is 6.61 Å². The standard InChI is InChI=1S/C11H14BrF2NO3S/c1-18-7-6-15(5-4-12)19(16,17)11-8-9(13)2-3-10(11)14/h2-3,8H,4-7H2,1H3. The number of hydrogen-bond donors (Lipinski definition) is 0. The van der Waals surface area contributed by atoms with E-state index < -0.39 is 26.6 Å². The van der Waals surface area contributed by atoms with Crippen molar-refractivity contribution in [2.24, 2.45) is 0 Å². The van der Waals surface area contributed by atoms with E-state index >= 15 is 0 Å². The number of ether oxygens (including phenoxy) is 1. The maximum Gasteiger partial charge on any atom is 0.246 e. The van der Waals surface area contributed by atoms with E-state index in [1.54, 1.807) is 0 Å². The highest BCUT2D eigenvalue weighted by atomic mass is 79.9. The van der Waals surface area contributed by atoms with Crippen molar-refractivity contribution < 1.29 is 21.9 Å². The number of rotatable bonds is 7. The van der Waals surface area contributed by atoms with Gasteiger partial charge in [-0.1, -0.05) is 15.9 Å². The maximum atomic E-state index is 13.6. The van der Waals surface area contributed by atoms with Crippen LogP contribution in [0.5, 0.6) is 0 Å². The molecule has 0 spiro atoms. The maximum absolute atomic E-state index is 13.6. The third kappa shape index (κ3) is 4.20. The van der Waals surface area contributed by atoms with Crippen LogP contribution in [0.15, 0.2) is 23.1 Å². The molecule has 0 aromatic heterocycles. The fourth-order valence-corrected chi connectivity index (χ4v) is 3.62. The fourth-order valence-electron chi connectivity index (χ4n) is 1.45. The van der Waals surface area contributed by atoms with Gasteiger partial charge in [-0.3, -0.25) is 0 Å². The molecule has 0 radical (unpaired) electrons. The predicted octanol–water partition coefficient (Wildman–Crippen LogP) is 2.00. The molecule has 1 rings (SSSR count). The molecule has 108 valence electrons. The van der Waals surface area contributed by atoms with Crippen LogP contribution in [0.4, 0.5) is 8.78 Å². The van der Waals surface area contributed by atoms with E-state index in [1.807, 2.05) is 0 Å². The molecule has 19 heavy (non-hydrogen) atoms. The van der Waals surface area contributed by atoms with Gasteiger partial charge >= 0.3 is 0 Å². The first-order valence-corrected chi connectivity index (χ1v) is 7.99. The summed E-state index contributed by atoms with van der Waals surface area (Å²) in [4.78, 5) is -0.662. The summed E-state index contributed by atoms with van der Waals surface area (Å²) < 4.78 is 57.0. The number of hydrogen-bond acceptors (Lipinski definition) is 3. The smallest absolute Gasteiger partial charge is 0.246 e. The van der Waals surface area contributed by atoms with Crippen molar-refractivity contribution in [2.45, 2.75) is 4.90 Å². The van der Waals surface area contributed by atoms with E-state index in [4.69, 9.17) is 4.74 Å². The summed E-state index contributed by atoms with van der Waals surface area (Å²) in [5.74, 6) is -1.77.